The Kier molecular flexibility index (Phi) is 4.85. The highest BCUT2D eigenvalue weighted by Gasteiger charge is 2.31. The topological polar surface area (TPSA) is 9.23 Å². The van der Waals surface area contributed by atoms with Gasteiger partial charge >= 0.3 is 0 Å². The van der Waals surface area contributed by atoms with E-state index in [1.807, 2.05) is 0 Å². The molecule has 2 rings (SSSR count). The summed E-state index contributed by atoms with van der Waals surface area (Å²) in [5.74, 6) is 1.29. The van der Waals surface area contributed by atoms with Crippen LogP contribution in [0.4, 0.5) is 0 Å². The van der Waals surface area contributed by atoms with Gasteiger partial charge in [0.05, 0.1) is 10.9 Å². The Labute approximate surface area is 119 Å². The fourth-order valence-corrected chi connectivity index (χ4v) is 3.50. The van der Waals surface area contributed by atoms with Crippen molar-refractivity contribution in [2.75, 3.05) is 6.61 Å². The maximum absolute atomic E-state index is 5.83. The molecule has 1 aromatic carbocycles. The van der Waals surface area contributed by atoms with Gasteiger partial charge in [-0.2, -0.15) is 0 Å². The minimum atomic E-state index is 0.319. The minimum Gasteiger partial charge on any atom is -0.376 e. The second-order valence-electron chi connectivity index (χ2n) is 5.48. The predicted octanol–water partition coefficient (Wildman–Crippen LogP) is 5.06. The molecular formula is C16H23BrO. The second kappa shape index (κ2) is 6.21. The van der Waals surface area contributed by atoms with Gasteiger partial charge in [-0.25, -0.2) is 0 Å². The summed E-state index contributed by atoms with van der Waals surface area (Å²) in [5.41, 5.74) is 2.77. The van der Waals surface area contributed by atoms with Crippen molar-refractivity contribution in [1.29, 1.82) is 0 Å². The van der Waals surface area contributed by atoms with Crippen molar-refractivity contribution in [2.45, 2.75) is 50.5 Å². The lowest BCUT2D eigenvalue weighted by Crippen LogP contribution is -2.19. The Morgan fingerprint density at radius 1 is 1.28 bits per heavy atom. The van der Waals surface area contributed by atoms with Gasteiger partial charge in [0.2, 0.25) is 0 Å². The molecule has 18 heavy (non-hydrogen) atoms. The maximum Gasteiger partial charge on any atom is 0.0767 e. The van der Waals surface area contributed by atoms with Gasteiger partial charge in [-0.1, -0.05) is 61.0 Å². The van der Waals surface area contributed by atoms with E-state index in [2.05, 4.69) is 61.0 Å². The lowest BCUT2D eigenvalue weighted by molar-refractivity contribution is 0.0935. The largest absolute Gasteiger partial charge is 0.376 e. The van der Waals surface area contributed by atoms with E-state index in [0.29, 0.717) is 22.8 Å². The summed E-state index contributed by atoms with van der Waals surface area (Å²) in [6, 6.07) is 9.01. The van der Waals surface area contributed by atoms with E-state index in [9.17, 15) is 0 Å². The molecule has 0 amide bonds. The molecule has 0 aromatic heterocycles. The fourth-order valence-electron chi connectivity index (χ4n) is 2.53. The quantitative estimate of drug-likeness (QED) is 0.706. The molecular weight excluding hydrogens is 288 g/mol. The normalized spacial score (nSPS) is 27.1. The van der Waals surface area contributed by atoms with E-state index in [1.165, 1.54) is 24.0 Å². The number of rotatable bonds is 4. The molecule has 1 saturated heterocycles. The summed E-state index contributed by atoms with van der Waals surface area (Å²) in [6.45, 7) is 7.70. The Bertz CT molecular complexity index is 373. The summed E-state index contributed by atoms with van der Waals surface area (Å²) >= 11 is 3.81. The Balaban J connectivity index is 2.09. The van der Waals surface area contributed by atoms with Crippen LogP contribution in [0.3, 0.4) is 0 Å². The van der Waals surface area contributed by atoms with Crippen LogP contribution < -0.4 is 0 Å². The van der Waals surface area contributed by atoms with Crippen molar-refractivity contribution in [3.63, 3.8) is 0 Å². The van der Waals surface area contributed by atoms with Crippen LogP contribution in [0.1, 0.15) is 55.5 Å². The average molecular weight is 311 g/mol. The predicted molar refractivity (Wildman–Crippen MR) is 80.3 cm³/mol. The monoisotopic (exact) mass is 310 g/mol. The Hall–Kier alpha value is -0.340. The standard InChI is InChI=1S/C16H23BrO/c1-4-11(2)13-5-7-14(8-6-13)15(17)16-12(3)9-10-18-16/h5-8,11-12,15-16H,4,9-10H2,1-3H3. The highest BCUT2D eigenvalue weighted by atomic mass is 79.9. The number of benzene rings is 1. The number of alkyl halides is 1. The average Bonchev–Trinajstić information content (AvgIpc) is 2.83. The van der Waals surface area contributed by atoms with Gasteiger partial charge in [0.25, 0.3) is 0 Å². The van der Waals surface area contributed by atoms with Gasteiger partial charge in [0, 0.05) is 6.61 Å². The molecule has 1 aliphatic heterocycles. The summed E-state index contributed by atoms with van der Waals surface area (Å²) in [7, 11) is 0. The third-order valence-electron chi connectivity index (χ3n) is 4.17. The van der Waals surface area contributed by atoms with E-state index >= 15 is 0 Å². The van der Waals surface area contributed by atoms with E-state index in [4.69, 9.17) is 4.74 Å². The number of ether oxygens (including phenoxy) is 1. The first-order valence-electron chi connectivity index (χ1n) is 6.99. The maximum atomic E-state index is 5.83. The molecule has 1 aliphatic rings. The van der Waals surface area contributed by atoms with Crippen LogP contribution in [-0.4, -0.2) is 12.7 Å². The number of hydrogen-bond acceptors (Lipinski definition) is 1. The lowest BCUT2D eigenvalue weighted by Gasteiger charge is -2.22. The van der Waals surface area contributed by atoms with Crippen molar-refractivity contribution >= 4 is 15.9 Å². The SMILES string of the molecule is CCC(C)c1ccc(C(Br)C2OCCC2C)cc1. The van der Waals surface area contributed by atoms with Crippen molar-refractivity contribution < 1.29 is 4.74 Å². The second-order valence-corrected chi connectivity index (χ2v) is 6.47. The van der Waals surface area contributed by atoms with Crippen molar-refractivity contribution in [3.05, 3.63) is 35.4 Å². The fraction of sp³-hybridized carbons (Fsp3) is 0.625. The van der Waals surface area contributed by atoms with E-state index in [0.717, 1.165) is 6.61 Å². The molecule has 1 fully saturated rings. The first-order chi connectivity index (χ1) is 8.63. The molecule has 0 spiro atoms. The van der Waals surface area contributed by atoms with Crippen LogP contribution >= 0.6 is 15.9 Å². The lowest BCUT2D eigenvalue weighted by atomic mass is 9.94. The van der Waals surface area contributed by atoms with E-state index < -0.39 is 0 Å². The van der Waals surface area contributed by atoms with Crippen molar-refractivity contribution in [3.8, 4) is 0 Å². The number of halogens is 1. The third-order valence-corrected chi connectivity index (χ3v) is 5.22. The summed E-state index contributed by atoms with van der Waals surface area (Å²) in [5, 5.41) is 0. The molecule has 1 nitrogen and oxygen atoms in total. The Morgan fingerprint density at radius 2 is 1.89 bits per heavy atom. The molecule has 0 bridgehead atoms. The molecule has 1 aromatic rings. The van der Waals surface area contributed by atoms with Gasteiger partial charge in [-0.3, -0.25) is 0 Å². The zero-order valence-electron chi connectivity index (χ0n) is 11.5. The van der Waals surface area contributed by atoms with Crippen LogP contribution in [0.25, 0.3) is 0 Å². The first kappa shape index (κ1) is 14.1. The molecule has 0 radical (unpaired) electrons. The molecule has 1 heterocycles. The van der Waals surface area contributed by atoms with Crippen LogP contribution in [-0.2, 0) is 4.74 Å². The van der Waals surface area contributed by atoms with E-state index in [-0.39, 0.29) is 0 Å². The molecule has 0 N–H and O–H groups in total. The van der Waals surface area contributed by atoms with Crippen molar-refractivity contribution in [1.82, 2.24) is 0 Å². The van der Waals surface area contributed by atoms with Crippen LogP contribution in [0, 0.1) is 5.92 Å². The van der Waals surface area contributed by atoms with Gasteiger partial charge in [0.15, 0.2) is 0 Å². The highest BCUT2D eigenvalue weighted by molar-refractivity contribution is 9.09. The zero-order chi connectivity index (χ0) is 13.1. The van der Waals surface area contributed by atoms with Crippen LogP contribution in [0.5, 0.6) is 0 Å². The van der Waals surface area contributed by atoms with E-state index in [1.54, 1.807) is 0 Å². The molecule has 100 valence electrons. The molecule has 4 atom stereocenters. The summed E-state index contributed by atoms with van der Waals surface area (Å²) < 4.78 is 5.83. The third kappa shape index (κ3) is 2.97. The summed E-state index contributed by atoms with van der Waals surface area (Å²) in [6.07, 6.45) is 2.69. The van der Waals surface area contributed by atoms with Gasteiger partial charge in [-0.15, -0.1) is 0 Å². The number of hydrogen-bond donors (Lipinski definition) is 0. The smallest absolute Gasteiger partial charge is 0.0767 e. The van der Waals surface area contributed by atoms with Gasteiger partial charge in [-0.05, 0) is 35.8 Å². The minimum absolute atomic E-state index is 0.319. The van der Waals surface area contributed by atoms with Gasteiger partial charge in [0.1, 0.15) is 0 Å². The molecule has 2 heteroatoms. The van der Waals surface area contributed by atoms with Crippen LogP contribution in [0.15, 0.2) is 24.3 Å². The Morgan fingerprint density at radius 3 is 2.39 bits per heavy atom. The van der Waals surface area contributed by atoms with Gasteiger partial charge < -0.3 is 4.74 Å². The highest BCUT2D eigenvalue weighted by Crippen LogP contribution is 2.37. The van der Waals surface area contributed by atoms with Crippen molar-refractivity contribution in [2.24, 2.45) is 5.92 Å². The zero-order valence-corrected chi connectivity index (χ0v) is 13.1. The molecule has 0 aliphatic carbocycles. The molecule has 0 saturated carbocycles. The van der Waals surface area contributed by atoms with Crippen LogP contribution in [0.2, 0.25) is 0 Å². The molecule has 4 unspecified atom stereocenters. The first-order valence-corrected chi connectivity index (χ1v) is 7.90. The summed E-state index contributed by atoms with van der Waals surface area (Å²) in [4.78, 5) is 0.320.